The molecule has 3 N–H and O–H groups in total. The Morgan fingerprint density at radius 3 is 2.15 bits per heavy atom. The molecule has 1 rings (SSSR count). The summed E-state index contributed by atoms with van der Waals surface area (Å²) in [6.07, 6.45) is 0. The lowest BCUT2D eigenvalue weighted by Gasteiger charge is -2.25. The molecule has 2 atom stereocenters. The van der Waals surface area contributed by atoms with Crippen LogP contribution in [0.1, 0.15) is 32.4 Å². The number of carboxylic acid groups (broad SMARTS) is 1. The number of hydrogen-bond acceptors (Lipinski definition) is 4. The fraction of sp³-hybridized carbons (Fsp3) is 0.429. The molecule has 0 aliphatic carbocycles. The fourth-order valence-electron chi connectivity index (χ4n) is 1.64. The number of nitrogens with two attached hydrogens (primary N) is 1. The van der Waals surface area contributed by atoms with Crippen molar-refractivity contribution in [3.63, 3.8) is 0 Å². The van der Waals surface area contributed by atoms with Gasteiger partial charge >= 0.3 is 11.9 Å². The van der Waals surface area contributed by atoms with Gasteiger partial charge in [0.25, 0.3) is 0 Å². The summed E-state index contributed by atoms with van der Waals surface area (Å²) in [7, 11) is 0. The summed E-state index contributed by atoms with van der Waals surface area (Å²) in [6, 6.07) is 5.87. The minimum absolute atomic E-state index is 0.562. The van der Waals surface area contributed by atoms with Crippen LogP contribution in [-0.2, 0) is 14.3 Å². The number of hydrogen-bond donors (Lipinski definition) is 2. The number of carbonyl (C=O) groups excluding carboxylic acids is 1. The molecule has 0 saturated carbocycles. The van der Waals surface area contributed by atoms with Crippen molar-refractivity contribution < 1.29 is 19.4 Å². The molecule has 0 saturated heterocycles. The van der Waals surface area contributed by atoms with Crippen LogP contribution in [0.4, 0.5) is 0 Å². The van der Waals surface area contributed by atoms with Crippen LogP contribution in [-0.4, -0.2) is 22.6 Å². The van der Waals surface area contributed by atoms with Crippen LogP contribution in [0.15, 0.2) is 28.7 Å². The highest BCUT2D eigenvalue weighted by Crippen LogP contribution is 2.24. The van der Waals surface area contributed by atoms with Gasteiger partial charge in [-0.2, -0.15) is 0 Å². The average molecular weight is 344 g/mol. The summed E-state index contributed by atoms with van der Waals surface area (Å²) >= 11 is 3.28. The number of benzene rings is 1. The van der Waals surface area contributed by atoms with Gasteiger partial charge in [-0.3, -0.25) is 9.59 Å². The lowest BCUT2D eigenvalue weighted by molar-refractivity contribution is -0.167. The number of carboxylic acids is 1. The molecule has 0 unspecified atom stereocenters. The van der Waals surface area contributed by atoms with Crippen LogP contribution < -0.4 is 5.73 Å². The van der Waals surface area contributed by atoms with Gasteiger partial charge in [0.1, 0.15) is 5.60 Å². The fourth-order valence-corrected chi connectivity index (χ4v) is 1.91. The Morgan fingerprint density at radius 2 is 1.75 bits per heavy atom. The lowest BCUT2D eigenvalue weighted by Crippen LogP contribution is -2.39. The highest BCUT2D eigenvalue weighted by atomic mass is 79.9. The molecule has 1 aromatic rings. The SMILES string of the molecule is CC(C)(C)OC(=O)[C@@H](C(=O)O)[C@H](N)c1ccc(Br)cc1. The molecule has 6 heteroatoms. The molecule has 0 bridgehead atoms. The normalized spacial score (nSPS) is 14.4. The zero-order valence-corrected chi connectivity index (χ0v) is 13.2. The number of carbonyl (C=O) groups is 2. The molecular formula is C14H18BrNO4. The van der Waals surface area contributed by atoms with Crippen molar-refractivity contribution >= 4 is 27.9 Å². The van der Waals surface area contributed by atoms with Crippen LogP contribution in [0.25, 0.3) is 0 Å². The van der Waals surface area contributed by atoms with Crippen molar-refractivity contribution in [2.75, 3.05) is 0 Å². The van der Waals surface area contributed by atoms with Crippen LogP contribution in [0.2, 0.25) is 0 Å². The van der Waals surface area contributed by atoms with Crippen molar-refractivity contribution in [1.82, 2.24) is 0 Å². The average Bonchev–Trinajstić information content (AvgIpc) is 2.26. The Morgan fingerprint density at radius 1 is 1.25 bits per heavy atom. The number of aliphatic carboxylic acids is 1. The first kappa shape index (κ1) is 16.7. The van der Waals surface area contributed by atoms with Crippen LogP contribution in [0.5, 0.6) is 0 Å². The second-order valence-corrected chi connectivity index (χ2v) is 6.34. The third kappa shape index (κ3) is 4.61. The monoisotopic (exact) mass is 343 g/mol. The topological polar surface area (TPSA) is 89.6 Å². The van der Waals surface area contributed by atoms with E-state index >= 15 is 0 Å². The lowest BCUT2D eigenvalue weighted by atomic mass is 9.93. The third-order valence-corrected chi connectivity index (χ3v) is 3.07. The maximum atomic E-state index is 12.0. The predicted octanol–water partition coefficient (Wildman–Crippen LogP) is 2.49. The molecule has 0 aliphatic heterocycles. The van der Waals surface area contributed by atoms with E-state index in [1.54, 1.807) is 45.0 Å². The molecular weight excluding hydrogens is 326 g/mol. The van der Waals surface area contributed by atoms with Crippen molar-refractivity contribution in [2.45, 2.75) is 32.4 Å². The number of rotatable bonds is 4. The smallest absolute Gasteiger partial charge is 0.322 e. The maximum absolute atomic E-state index is 12.0. The highest BCUT2D eigenvalue weighted by Gasteiger charge is 2.37. The summed E-state index contributed by atoms with van der Waals surface area (Å²) in [5, 5.41) is 9.24. The van der Waals surface area contributed by atoms with E-state index in [2.05, 4.69) is 15.9 Å². The molecule has 5 nitrogen and oxygen atoms in total. The first-order valence-electron chi connectivity index (χ1n) is 6.08. The Kier molecular flexibility index (Phi) is 5.30. The Bertz CT molecular complexity index is 493. The zero-order valence-electron chi connectivity index (χ0n) is 11.6. The largest absolute Gasteiger partial charge is 0.481 e. The Labute approximate surface area is 126 Å². The molecule has 0 aromatic heterocycles. The van der Waals surface area contributed by atoms with Gasteiger partial charge in [-0.1, -0.05) is 28.1 Å². The molecule has 0 heterocycles. The summed E-state index contributed by atoms with van der Waals surface area (Å²) in [5.41, 5.74) is 5.71. The quantitative estimate of drug-likeness (QED) is 0.647. The summed E-state index contributed by atoms with van der Waals surface area (Å²) in [5.74, 6) is -3.56. The molecule has 0 radical (unpaired) electrons. The first-order valence-corrected chi connectivity index (χ1v) is 6.88. The minimum atomic E-state index is -1.43. The van der Waals surface area contributed by atoms with Crippen molar-refractivity contribution in [3.8, 4) is 0 Å². The van der Waals surface area contributed by atoms with Gasteiger partial charge in [-0.05, 0) is 38.5 Å². The van der Waals surface area contributed by atoms with Crippen molar-refractivity contribution in [3.05, 3.63) is 34.3 Å². The van der Waals surface area contributed by atoms with Gasteiger partial charge in [0.05, 0.1) is 6.04 Å². The molecule has 1 aromatic carbocycles. The van der Waals surface area contributed by atoms with E-state index in [0.29, 0.717) is 5.56 Å². The van der Waals surface area contributed by atoms with Gasteiger partial charge < -0.3 is 15.6 Å². The molecule has 0 fully saturated rings. The number of ether oxygens (including phenoxy) is 1. The van der Waals surface area contributed by atoms with E-state index in [1.165, 1.54) is 0 Å². The van der Waals surface area contributed by atoms with Gasteiger partial charge in [-0.15, -0.1) is 0 Å². The minimum Gasteiger partial charge on any atom is -0.481 e. The maximum Gasteiger partial charge on any atom is 0.322 e. The zero-order chi connectivity index (χ0) is 15.5. The summed E-state index contributed by atoms with van der Waals surface area (Å²) in [4.78, 5) is 23.3. The number of halogens is 1. The standard InChI is InChI=1S/C14H18BrNO4/c1-14(2,3)20-13(19)10(12(17)18)11(16)8-4-6-9(15)7-5-8/h4-7,10-11H,16H2,1-3H3,(H,17,18)/t10-,11-/m1/s1. The second kappa shape index (κ2) is 6.37. The van der Waals surface area contributed by atoms with Gasteiger partial charge in [0, 0.05) is 4.47 Å². The van der Waals surface area contributed by atoms with E-state index in [1.807, 2.05) is 0 Å². The summed E-state index contributed by atoms with van der Waals surface area (Å²) < 4.78 is 5.96. The van der Waals surface area contributed by atoms with Crippen molar-refractivity contribution in [1.29, 1.82) is 0 Å². The van der Waals surface area contributed by atoms with Gasteiger partial charge in [-0.25, -0.2) is 0 Å². The third-order valence-electron chi connectivity index (χ3n) is 2.54. The van der Waals surface area contributed by atoms with E-state index < -0.39 is 29.5 Å². The van der Waals surface area contributed by atoms with E-state index in [9.17, 15) is 14.7 Å². The van der Waals surface area contributed by atoms with Crippen LogP contribution >= 0.6 is 15.9 Å². The van der Waals surface area contributed by atoms with E-state index in [4.69, 9.17) is 10.5 Å². The molecule has 20 heavy (non-hydrogen) atoms. The highest BCUT2D eigenvalue weighted by molar-refractivity contribution is 9.10. The van der Waals surface area contributed by atoms with Gasteiger partial charge in [0.15, 0.2) is 5.92 Å². The first-order chi connectivity index (χ1) is 9.11. The molecule has 0 amide bonds. The number of esters is 1. The molecule has 0 spiro atoms. The predicted molar refractivity (Wildman–Crippen MR) is 78.0 cm³/mol. The summed E-state index contributed by atoms with van der Waals surface area (Å²) in [6.45, 7) is 5.03. The van der Waals surface area contributed by atoms with E-state index in [-0.39, 0.29) is 0 Å². The Balaban J connectivity index is 2.99. The van der Waals surface area contributed by atoms with Crippen LogP contribution in [0, 0.1) is 5.92 Å². The molecule has 0 aliphatic rings. The molecule has 110 valence electrons. The van der Waals surface area contributed by atoms with E-state index in [0.717, 1.165) is 4.47 Å². The van der Waals surface area contributed by atoms with Crippen LogP contribution in [0.3, 0.4) is 0 Å². The Hall–Kier alpha value is -1.40. The van der Waals surface area contributed by atoms with Gasteiger partial charge in [0.2, 0.25) is 0 Å². The second-order valence-electron chi connectivity index (χ2n) is 5.43. The van der Waals surface area contributed by atoms with Crippen molar-refractivity contribution in [2.24, 2.45) is 11.7 Å².